The van der Waals surface area contributed by atoms with Gasteiger partial charge in [0.2, 0.25) is 5.71 Å². The van der Waals surface area contributed by atoms with E-state index >= 15 is 0 Å². The van der Waals surface area contributed by atoms with E-state index in [4.69, 9.17) is 10.5 Å². The van der Waals surface area contributed by atoms with Crippen LogP contribution in [0.15, 0.2) is 29.4 Å². The number of hydrazone groups is 1. The van der Waals surface area contributed by atoms with E-state index in [2.05, 4.69) is 15.8 Å². The first-order valence-corrected chi connectivity index (χ1v) is 5.23. The lowest BCUT2D eigenvalue weighted by Gasteiger charge is -2.03. The van der Waals surface area contributed by atoms with E-state index in [1.807, 2.05) is 6.92 Å². The molecule has 0 aliphatic heterocycles. The number of carbonyl (C=O) groups is 1. The number of nitrogens with one attached hydrogen (secondary N) is 2. The van der Waals surface area contributed by atoms with Gasteiger partial charge in [0.05, 0.1) is 5.69 Å². The van der Waals surface area contributed by atoms with Gasteiger partial charge in [-0.15, -0.1) is 0 Å². The number of hydrogen-bond donors (Lipinski definition) is 2. The van der Waals surface area contributed by atoms with E-state index in [9.17, 15) is 4.79 Å². The van der Waals surface area contributed by atoms with Crippen LogP contribution in [0.4, 0.5) is 5.69 Å². The second-order valence-electron chi connectivity index (χ2n) is 3.23. The maximum atomic E-state index is 11.5. The molecule has 6 heteroatoms. The Morgan fingerprint density at radius 3 is 2.39 bits per heavy atom. The molecule has 1 aromatic carbocycles. The van der Waals surface area contributed by atoms with Crippen LogP contribution in [0.5, 0.6) is 0 Å². The molecule has 0 aliphatic rings. The Morgan fingerprint density at radius 2 is 1.89 bits per heavy atom. The molecule has 0 aromatic heterocycles. The van der Waals surface area contributed by atoms with Gasteiger partial charge in [0.1, 0.15) is 12.1 Å². The van der Waals surface area contributed by atoms with E-state index in [0.717, 1.165) is 0 Å². The van der Waals surface area contributed by atoms with E-state index in [-0.39, 0.29) is 11.6 Å². The van der Waals surface area contributed by atoms with Crippen LogP contribution in [0.3, 0.4) is 0 Å². The van der Waals surface area contributed by atoms with Crippen LogP contribution in [0.2, 0.25) is 0 Å². The first-order chi connectivity index (χ1) is 8.71. The highest BCUT2D eigenvalue weighted by atomic mass is 16.1. The minimum atomic E-state index is -0.261. The normalized spacial score (nSPS) is 8.61. The third-order valence-electron chi connectivity index (χ3n) is 1.99. The highest BCUT2D eigenvalue weighted by molar-refractivity contribution is 6.10. The van der Waals surface area contributed by atoms with Crippen molar-refractivity contribution >= 4 is 17.3 Å². The number of hydrogen-bond acceptors (Lipinski definition) is 5. The van der Waals surface area contributed by atoms with E-state index in [1.165, 1.54) is 0 Å². The zero-order valence-corrected chi connectivity index (χ0v) is 9.77. The summed E-state index contributed by atoms with van der Waals surface area (Å²) in [5.41, 5.74) is 3.42. The molecule has 1 rings (SSSR count). The fraction of sp³-hybridized carbons (Fsp3) is 0.167. The fourth-order valence-corrected chi connectivity index (χ4v) is 1.15. The Bertz CT molecular complexity index is 517. The second-order valence-corrected chi connectivity index (χ2v) is 3.23. The molecular formula is C12H11N5O. The van der Waals surface area contributed by atoms with Crippen LogP contribution in [0.1, 0.15) is 17.3 Å². The van der Waals surface area contributed by atoms with Crippen molar-refractivity contribution in [1.29, 1.82) is 10.5 Å². The Balaban J connectivity index is 2.73. The minimum Gasteiger partial charge on any atom is -0.352 e. The van der Waals surface area contributed by atoms with E-state index in [1.54, 1.807) is 36.4 Å². The summed E-state index contributed by atoms with van der Waals surface area (Å²) < 4.78 is 0. The number of benzene rings is 1. The molecule has 1 amide bonds. The highest BCUT2D eigenvalue weighted by Gasteiger charge is 2.03. The van der Waals surface area contributed by atoms with E-state index < -0.39 is 0 Å². The van der Waals surface area contributed by atoms with Gasteiger partial charge in [-0.1, -0.05) is 0 Å². The molecule has 1 aromatic rings. The molecule has 0 spiro atoms. The summed E-state index contributed by atoms with van der Waals surface area (Å²) >= 11 is 0. The molecule has 0 saturated carbocycles. The smallest absolute Gasteiger partial charge is 0.251 e. The van der Waals surface area contributed by atoms with Crippen molar-refractivity contribution in [2.24, 2.45) is 5.10 Å². The first kappa shape index (κ1) is 13.2. The number of rotatable bonds is 4. The average Bonchev–Trinajstić information content (AvgIpc) is 2.41. The third-order valence-corrected chi connectivity index (χ3v) is 1.99. The van der Waals surface area contributed by atoms with Crippen molar-refractivity contribution in [2.75, 3.05) is 12.0 Å². The molecule has 0 heterocycles. The predicted octanol–water partition coefficient (Wildman–Crippen LogP) is 1.25. The lowest BCUT2D eigenvalue weighted by molar-refractivity contribution is 0.0956. The van der Waals surface area contributed by atoms with Crippen molar-refractivity contribution in [3.05, 3.63) is 29.8 Å². The monoisotopic (exact) mass is 241 g/mol. The lowest BCUT2D eigenvalue weighted by atomic mass is 10.2. The van der Waals surface area contributed by atoms with Gasteiger partial charge in [0.25, 0.3) is 5.91 Å². The molecule has 0 unspecified atom stereocenters. The van der Waals surface area contributed by atoms with Gasteiger partial charge in [-0.2, -0.15) is 15.6 Å². The minimum absolute atomic E-state index is 0.151. The summed E-state index contributed by atoms with van der Waals surface area (Å²) in [6.07, 6.45) is 0. The molecule has 2 N–H and O–H groups in total. The Hall–Kier alpha value is -2.86. The maximum Gasteiger partial charge on any atom is 0.251 e. The zero-order valence-electron chi connectivity index (χ0n) is 9.77. The highest BCUT2D eigenvalue weighted by Crippen LogP contribution is 2.09. The molecule has 6 nitrogen and oxygen atoms in total. The summed E-state index contributed by atoms with van der Waals surface area (Å²) in [6.45, 7) is 2.41. The SMILES string of the molecule is CCNC(=O)c1ccc(NN=C(C#N)C#N)cc1. The zero-order chi connectivity index (χ0) is 13.4. The third kappa shape index (κ3) is 3.62. The van der Waals surface area contributed by atoms with Gasteiger partial charge in [-0.25, -0.2) is 0 Å². The average molecular weight is 241 g/mol. The van der Waals surface area contributed by atoms with Crippen LogP contribution >= 0.6 is 0 Å². The molecule has 0 radical (unpaired) electrons. The van der Waals surface area contributed by atoms with Gasteiger partial charge in [-0.05, 0) is 31.2 Å². The molecule has 0 bridgehead atoms. The summed E-state index contributed by atoms with van der Waals surface area (Å²) in [5.74, 6) is -0.151. The van der Waals surface area contributed by atoms with Crippen molar-refractivity contribution in [1.82, 2.24) is 5.32 Å². The summed E-state index contributed by atoms with van der Waals surface area (Å²) in [5, 5.41) is 23.2. The van der Waals surface area contributed by atoms with Gasteiger partial charge in [-0.3, -0.25) is 10.2 Å². The Labute approximate surface area is 105 Å². The van der Waals surface area contributed by atoms with Crippen LogP contribution in [0, 0.1) is 22.7 Å². The predicted molar refractivity (Wildman–Crippen MR) is 66.7 cm³/mol. The van der Waals surface area contributed by atoms with E-state index in [0.29, 0.717) is 17.8 Å². The molecule has 18 heavy (non-hydrogen) atoms. The Morgan fingerprint density at radius 1 is 1.28 bits per heavy atom. The second kappa shape index (κ2) is 6.66. The lowest BCUT2D eigenvalue weighted by Crippen LogP contribution is -2.22. The molecule has 0 atom stereocenters. The van der Waals surface area contributed by atoms with Crippen LogP contribution in [0.25, 0.3) is 0 Å². The van der Waals surface area contributed by atoms with Gasteiger partial charge in [0, 0.05) is 12.1 Å². The molecule has 90 valence electrons. The van der Waals surface area contributed by atoms with Gasteiger partial charge >= 0.3 is 0 Å². The summed E-state index contributed by atoms with van der Waals surface area (Å²) in [7, 11) is 0. The Kier molecular flexibility index (Phi) is 4.89. The molecule has 0 fully saturated rings. The molecular weight excluding hydrogens is 230 g/mol. The number of anilines is 1. The topological polar surface area (TPSA) is 101 Å². The molecule has 0 saturated heterocycles. The summed E-state index contributed by atoms with van der Waals surface area (Å²) in [6, 6.07) is 9.79. The summed E-state index contributed by atoms with van der Waals surface area (Å²) in [4.78, 5) is 11.5. The number of carbonyl (C=O) groups excluding carboxylic acids is 1. The van der Waals surface area contributed by atoms with Crippen LogP contribution in [-0.2, 0) is 0 Å². The molecule has 0 aliphatic carbocycles. The number of nitriles is 2. The van der Waals surface area contributed by atoms with Crippen LogP contribution < -0.4 is 10.7 Å². The number of amides is 1. The van der Waals surface area contributed by atoms with Crippen molar-refractivity contribution in [3.63, 3.8) is 0 Å². The fourth-order valence-electron chi connectivity index (χ4n) is 1.15. The van der Waals surface area contributed by atoms with Gasteiger partial charge < -0.3 is 5.32 Å². The van der Waals surface area contributed by atoms with Crippen molar-refractivity contribution < 1.29 is 4.79 Å². The van der Waals surface area contributed by atoms with Gasteiger partial charge in [0.15, 0.2) is 0 Å². The van der Waals surface area contributed by atoms with Crippen molar-refractivity contribution in [2.45, 2.75) is 6.92 Å². The largest absolute Gasteiger partial charge is 0.352 e. The quantitative estimate of drug-likeness (QED) is 0.611. The van der Waals surface area contributed by atoms with Crippen molar-refractivity contribution in [3.8, 4) is 12.1 Å². The van der Waals surface area contributed by atoms with Crippen LogP contribution in [-0.4, -0.2) is 18.2 Å². The first-order valence-electron chi connectivity index (χ1n) is 5.23. The maximum absolute atomic E-state index is 11.5. The standard InChI is InChI=1S/C12H11N5O/c1-2-15-12(18)9-3-5-10(6-4-9)16-17-11(7-13)8-14/h3-6,16H,2H2,1H3,(H,15,18). The number of nitrogens with zero attached hydrogens (tertiary/aromatic N) is 3.